The second kappa shape index (κ2) is 8.09. The lowest BCUT2D eigenvalue weighted by Gasteiger charge is -2.23. The van der Waals surface area contributed by atoms with E-state index in [9.17, 15) is 4.21 Å². The summed E-state index contributed by atoms with van der Waals surface area (Å²) in [5.74, 6) is 1.24. The Morgan fingerprint density at radius 3 is 2.14 bits per heavy atom. The Balaban J connectivity index is 2.78. The first kappa shape index (κ1) is 18.4. The van der Waals surface area contributed by atoms with Crippen LogP contribution in [0.2, 0.25) is 0 Å². The van der Waals surface area contributed by atoms with Crippen molar-refractivity contribution in [3.05, 3.63) is 29.8 Å². The van der Waals surface area contributed by atoms with Gasteiger partial charge in [-0.15, -0.1) is 0 Å². The van der Waals surface area contributed by atoms with Crippen molar-refractivity contribution in [1.29, 1.82) is 0 Å². The maximum absolute atomic E-state index is 12.6. The van der Waals surface area contributed by atoms with Crippen molar-refractivity contribution < 1.29 is 4.21 Å². The van der Waals surface area contributed by atoms with E-state index in [2.05, 4.69) is 59.0 Å². The van der Waals surface area contributed by atoms with E-state index in [1.165, 1.54) is 5.56 Å². The number of benzene rings is 1. The third kappa shape index (κ3) is 5.55. The molecule has 1 aromatic rings. The molecule has 120 valence electrons. The van der Waals surface area contributed by atoms with Crippen LogP contribution in [-0.4, -0.2) is 22.5 Å². The van der Waals surface area contributed by atoms with E-state index in [0.717, 1.165) is 17.9 Å². The lowest BCUT2D eigenvalue weighted by Crippen LogP contribution is -2.39. The quantitative estimate of drug-likeness (QED) is 0.821. The van der Waals surface area contributed by atoms with Gasteiger partial charge in [0.05, 0.1) is 10.8 Å². The summed E-state index contributed by atoms with van der Waals surface area (Å²) in [5, 5.41) is 3.48. The van der Waals surface area contributed by atoms with Crippen molar-refractivity contribution in [2.24, 2.45) is 5.92 Å². The molecule has 0 fully saturated rings. The molecule has 0 radical (unpaired) electrons. The van der Waals surface area contributed by atoms with Crippen LogP contribution in [0.1, 0.15) is 53.5 Å². The van der Waals surface area contributed by atoms with Crippen LogP contribution in [0.5, 0.6) is 0 Å². The van der Waals surface area contributed by atoms with Crippen LogP contribution in [0.3, 0.4) is 0 Å². The summed E-state index contributed by atoms with van der Waals surface area (Å²) in [4.78, 5) is 0.939. The fourth-order valence-electron chi connectivity index (χ4n) is 2.34. The highest BCUT2D eigenvalue weighted by atomic mass is 32.2. The van der Waals surface area contributed by atoms with E-state index < -0.39 is 10.8 Å². The topological polar surface area (TPSA) is 29.1 Å². The zero-order valence-corrected chi connectivity index (χ0v) is 15.2. The van der Waals surface area contributed by atoms with Gasteiger partial charge >= 0.3 is 0 Å². The normalized spacial score (nSPS) is 16.5. The Hall–Kier alpha value is -0.670. The molecule has 1 rings (SSSR count). The molecule has 2 nitrogen and oxygen atoms in total. The van der Waals surface area contributed by atoms with Crippen LogP contribution in [0, 0.1) is 5.92 Å². The lowest BCUT2D eigenvalue weighted by molar-refractivity contribution is 0.401. The first-order valence-corrected chi connectivity index (χ1v) is 9.33. The lowest BCUT2D eigenvalue weighted by atomic mass is 9.87. The van der Waals surface area contributed by atoms with Crippen molar-refractivity contribution >= 4 is 10.8 Å². The summed E-state index contributed by atoms with van der Waals surface area (Å²) >= 11 is 0. The Labute approximate surface area is 133 Å². The number of nitrogens with one attached hydrogen (secondary N) is 1. The molecule has 0 spiro atoms. The van der Waals surface area contributed by atoms with Gasteiger partial charge in [-0.05, 0) is 35.6 Å². The van der Waals surface area contributed by atoms with Gasteiger partial charge in [0.15, 0.2) is 0 Å². The zero-order valence-electron chi connectivity index (χ0n) is 14.4. The highest BCUT2D eigenvalue weighted by molar-refractivity contribution is 7.85. The van der Waals surface area contributed by atoms with E-state index in [4.69, 9.17) is 0 Å². The molecule has 0 aliphatic carbocycles. The smallest absolute Gasteiger partial charge is 0.0545 e. The van der Waals surface area contributed by atoms with Crippen molar-refractivity contribution in [1.82, 2.24) is 5.32 Å². The fourth-order valence-corrected chi connectivity index (χ4v) is 3.74. The largest absolute Gasteiger partial charge is 0.313 e. The third-order valence-corrected chi connectivity index (χ3v) is 5.57. The maximum Gasteiger partial charge on any atom is 0.0545 e. The Morgan fingerprint density at radius 2 is 1.71 bits per heavy atom. The third-order valence-electron chi connectivity index (χ3n) is 4.11. The predicted octanol–water partition coefficient (Wildman–Crippen LogP) is 4.12. The van der Waals surface area contributed by atoms with Crippen molar-refractivity contribution in [2.75, 3.05) is 12.3 Å². The van der Waals surface area contributed by atoms with E-state index in [1.54, 1.807) is 0 Å². The van der Waals surface area contributed by atoms with Gasteiger partial charge < -0.3 is 5.32 Å². The molecule has 0 saturated carbocycles. The molecule has 0 aliphatic rings. The molecule has 3 unspecified atom stereocenters. The molecule has 0 aliphatic heterocycles. The molecule has 3 heteroatoms. The first-order chi connectivity index (χ1) is 9.79. The van der Waals surface area contributed by atoms with Gasteiger partial charge in [-0.25, -0.2) is 0 Å². The van der Waals surface area contributed by atoms with Crippen molar-refractivity contribution in [3.63, 3.8) is 0 Å². The minimum Gasteiger partial charge on any atom is -0.313 e. The highest BCUT2D eigenvalue weighted by Gasteiger charge is 2.19. The van der Waals surface area contributed by atoms with E-state index >= 15 is 0 Å². The number of hydrogen-bond donors (Lipinski definition) is 1. The summed E-state index contributed by atoms with van der Waals surface area (Å²) in [7, 11) is -0.935. The van der Waals surface area contributed by atoms with Gasteiger partial charge in [-0.3, -0.25) is 4.21 Å². The zero-order chi connectivity index (χ0) is 16.0. The summed E-state index contributed by atoms with van der Waals surface area (Å²) in [6, 6.07) is 8.59. The number of rotatable bonds is 7. The first-order valence-electron chi connectivity index (χ1n) is 8.01. The van der Waals surface area contributed by atoms with Crippen molar-refractivity contribution in [3.8, 4) is 0 Å². The summed E-state index contributed by atoms with van der Waals surface area (Å²) in [6.07, 6.45) is 1.11. The van der Waals surface area contributed by atoms with E-state index in [-0.39, 0.29) is 5.41 Å². The molecule has 0 heterocycles. The van der Waals surface area contributed by atoms with Crippen LogP contribution in [0.15, 0.2) is 29.2 Å². The minimum atomic E-state index is -0.935. The molecule has 1 N–H and O–H groups in total. The van der Waals surface area contributed by atoms with Crippen LogP contribution in [0.25, 0.3) is 0 Å². The average Bonchev–Trinajstić information content (AvgIpc) is 2.45. The Morgan fingerprint density at radius 1 is 1.14 bits per heavy atom. The summed E-state index contributed by atoms with van der Waals surface area (Å²) in [6.45, 7) is 14.0. The summed E-state index contributed by atoms with van der Waals surface area (Å²) < 4.78 is 12.6. The van der Waals surface area contributed by atoms with Gasteiger partial charge in [0, 0.05) is 16.7 Å². The minimum absolute atomic E-state index is 0.142. The van der Waals surface area contributed by atoms with Crippen LogP contribution < -0.4 is 5.32 Å². The predicted molar refractivity (Wildman–Crippen MR) is 93.3 cm³/mol. The monoisotopic (exact) mass is 309 g/mol. The molecule has 3 atom stereocenters. The second-order valence-electron chi connectivity index (χ2n) is 6.84. The summed E-state index contributed by atoms with van der Waals surface area (Å²) in [5.41, 5.74) is 1.43. The van der Waals surface area contributed by atoms with Crippen LogP contribution in [-0.2, 0) is 16.2 Å². The fraction of sp³-hybridized carbons (Fsp3) is 0.667. The SMILES string of the molecule is CCNC(CS(=O)c1ccc(C(C)(C)C)cc1)C(C)CC. The molecular weight excluding hydrogens is 278 g/mol. The Bertz CT molecular complexity index is 447. The molecule has 0 bridgehead atoms. The van der Waals surface area contributed by atoms with Gasteiger partial charge in [-0.2, -0.15) is 0 Å². The van der Waals surface area contributed by atoms with Crippen LogP contribution >= 0.6 is 0 Å². The standard InChI is InChI=1S/C18H31NOS/c1-7-14(3)17(19-8-2)13-21(20)16-11-9-15(10-12-16)18(4,5)6/h9-12,14,17,19H,7-8,13H2,1-6H3. The highest BCUT2D eigenvalue weighted by Crippen LogP contribution is 2.23. The van der Waals surface area contributed by atoms with Crippen molar-refractivity contribution in [2.45, 2.75) is 64.3 Å². The maximum atomic E-state index is 12.6. The number of hydrogen-bond acceptors (Lipinski definition) is 2. The van der Waals surface area contributed by atoms with Gasteiger partial charge in [-0.1, -0.05) is 60.1 Å². The Kier molecular flexibility index (Phi) is 7.08. The van der Waals surface area contributed by atoms with Gasteiger partial charge in [0.1, 0.15) is 0 Å². The molecule has 21 heavy (non-hydrogen) atoms. The second-order valence-corrected chi connectivity index (χ2v) is 8.33. The molecular formula is C18H31NOS. The van der Waals surface area contributed by atoms with Crippen LogP contribution in [0.4, 0.5) is 0 Å². The van der Waals surface area contributed by atoms with E-state index in [1.807, 2.05) is 12.1 Å². The molecule has 0 aromatic heterocycles. The van der Waals surface area contributed by atoms with Gasteiger partial charge in [0.2, 0.25) is 0 Å². The van der Waals surface area contributed by atoms with E-state index in [0.29, 0.717) is 17.7 Å². The molecule has 0 amide bonds. The average molecular weight is 310 g/mol. The molecule has 1 aromatic carbocycles. The van der Waals surface area contributed by atoms with Gasteiger partial charge in [0.25, 0.3) is 0 Å². The molecule has 0 saturated heterocycles.